The van der Waals surface area contributed by atoms with E-state index in [-0.39, 0.29) is 11.9 Å². The van der Waals surface area contributed by atoms with Crippen LogP contribution >= 0.6 is 0 Å². The standard InChI is InChI=1S/C22H30N2O4S/c1-7-28-21-10-8-19(9-11-21)17(4)23-22(25)18(5)24(29(6,26)27)20-13-15(2)12-16(3)14-20/h8-14,17-18H,7H2,1-6H3,(H,23,25)/t17-,18-/m0/s1. The predicted octanol–water partition coefficient (Wildman–Crippen LogP) is 3.73. The fourth-order valence-electron chi connectivity index (χ4n) is 3.32. The molecule has 0 unspecified atom stereocenters. The zero-order valence-corrected chi connectivity index (χ0v) is 18.7. The average molecular weight is 419 g/mol. The Bertz CT molecular complexity index is 935. The van der Waals surface area contributed by atoms with Crippen molar-refractivity contribution < 1.29 is 17.9 Å². The van der Waals surface area contributed by atoms with Crippen LogP contribution in [0.15, 0.2) is 42.5 Å². The number of aryl methyl sites for hydroxylation is 2. The molecule has 1 amide bonds. The summed E-state index contributed by atoms with van der Waals surface area (Å²) in [5.41, 5.74) is 3.26. The highest BCUT2D eigenvalue weighted by Gasteiger charge is 2.30. The molecule has 0 bridgehead atoms. The number of sulfonamides is 1. The van der Waals surface area contributed by atoms with Gasteiger partial charge < -0.3 is 10.1 Å². The van der Waals surface area contributed by atoms with Gasteiger partial charge in [0, 0.05) is 0 Å². The van der Waals surface area contributed by atoms with E-state index in [9.17, 15) is 13.2 Å². The highest BCUT2D eigenvalue weighted by molar-refractivity contribution is 7.92. The fourth-order valence-corrected chi connectivity index (χ4v) is 4.48. The topological polar surface area (TPSA) is 75.7 Å². The normalized spacial score (nSPS) is 13.4. The molecule has 2 aromatic carbocycles. The first-order chi connectivity index (χ1) is 13.5. The molecule has 29 heavy (non-hydrogen) atoms. The number of benzene rings is 2. The van der Waals surface area contributed by atoms with E-state index in [1.807, 2.05) is 58.0 Å². The predicted molar refractivity (Wildman–Crippen MR) is 117 cm³/mol. The lowest BCUT2D eigenvalue weighted by Crippen LogP contribution is -2.48. The number of carbonyl (C=O) groups excluding carboxylic acids is 1. The number of rotatable bonds is 8. The number of ether oxygens (including phenoxy) is 1. The van der Waals surface area contributed by atoms with Crippen LogP contribution in [0, 0.1) is 13.8 Å². The Morgan fingerprint density at radius 1 is 1.07 bits per heavy atom. The minimum Gasteiger partial charge on any atom is -0.494 e. The summed E-state index contributed by atoms with van der Waals surface area (Å²) in [6.07, 6.45) is 1.12. The minimum absolute atomic E-state index is 0.277. The second-order valence-electron chi connectivity index (χ2n) is 7.31. The van der Waals surface area contributed by atoms with Crippen LogP contribution in [0.3, 0.4) is 0 Å². The van der Waals surface area contributed by atoms with E-state index in [2.05, 4.69) is 5.32 Å². The van der Waals surface area contributed by atoms with Crippen LogP contribution in [0.25, 0.3) is 0 Å². The number of anilines is 1. The summed E-state index contributed by atoms with van der Waals surface area (Å²) >= 11 is 0. The zero-order chi connectivity index (χ0) is 21.8. The Morgan fingerprint density at radius 3 is 2.10 bits per heavy atom. The molecule has 2 rings (SSSR count). The lowest BCUT2D eigenvalue weighted by atomic mass is 10.1. The molecular formula is C22H30N2O4S. The van der Waals surface area contributed by atoms with Crippen LogP contribution in [0.1, 0.15) is 43.5 Å². The van der Waals surface area contributed by atoms with Crippen molar-refractivity contribution in [3.8, 4) is 5.75 Å². The van der Waals surface area contributed by atoms with E-state index < -0.39 is 16.1 Å². The second kappa shape index (κ2) is 9.31. The molecule has 158 valence electrons. The van der Waals surface area contributed by atoms with Crippen LogP contribution in [-0.2, 0) is 14.8 Å². The number of nitrogens with one attached hydrogen (secondary N) is 1. The van der Waals surface area contributed by atoms with Gasteiger partial charge in [0.05, 0.1) is 24.6 Å². The van der Waals surface area contributed by atoms with E-state index in [0.717, 1.165) is 28.7 Å². The third kappa shape index (κ3) is 5.97. The van der Waals surface area contributed by atoms with E-state index in [1.165, 1.54) is 4.31 Å². The molecule has 0 aliphatic heterocycles. The first-order valence-corrected chi connectivity index (χ1v) is 11.5. The molecule has 6 nitrogen and oxygen atoms in total. The average Bonchev–Trinajstić information content (AvgIpc) is 2.60. The van der Waals surface area contributed by atoms with Gasteiger partial charge in [-0.15, -0.1) is 0 Å². The maximum Gasteiger partial charge on any atom is 0.244 e. The SMILES string of the molecule is CCOc1ccc([C@H](C)NC(=O)[C@H](C)N(c2cc(C)cc(C)c2)S(C)(=O)=O)cc1. The molecule has 0 aliphatic rings. The third-order valence-electron chi connectivity index (χ3n) is 4.60. The fraction of sp³-hybridized carbons (Fsp3) is 0.409. The highest BCUT2D eigenvalue weighted by atomic mass is 32.2. The Balaban J connectivity index is 2.22. The molecule has 0 aliphatic carbocycles. The summed E-state index contributed by atoms with van der Waals surface area (Å²) < 4.78 is 31.6. The lowest BCUT2D eigenvalue weighted by Gasteiger charge is -2.30. The van der Waals surface area contributed by atoms with Crippen molar-refractivity contribution in [2.45, 2.75) is 46.7 Å². The first kappa shape index (κ1) is 22.7. The smallest absolute Gasteiger partial charge is 0.244 e. The van der Waals surface area contributed by atoms with Crippen molar-refractivity contribution >= 4 is 21.6 Å². The van der Waals surface area contributed by atoms with Gasteiger partial charge in [-0.05, 0) is 75.6 Å². The first-order valence-electron chi connectivity index (χ1n) is 9.63. The Hall–Kier alpha value is -2.54. The van der Waals surface area contributed by atoms with Crippen molar-refractivity contribution in [2.75, 3.05) is 17.2 Å². The van der Waals surface area contributed by atoms with Crippen molar-refractivity contribution in [1.29, 1.82) is 0 Å². The Labute approximate surface area is 173 Å². The van der Waals surface area contributed by atoms with Crippen molar-refractivity contribution in [2.24, 2.45) is 0 Å². The summed E-state index contributed by atoms with van der Waals surface area (Å²) in [5, 5.41) is 2.91. The van der Waals surface area contributed by atoms with Crippen molar-refractivity contribution in [3.63, 3.8) is 0 Å². The van der Waals surface area contributed by atoms with Gasteiger partial charge in [0.25, 0.3) is 0 Å². The Kier molecular flexibility index (Phi) is 7.30. The molecule has 0 heterocycles. The number of hydrogen-bond donors (Lipinski definition) is 1. The van der Waals surface area contributed by atoms with Crippen molar-refractivity contribution in [3.05, 3.63) is 59.2 Å². The number of amides is 1. The van der Waals surface area contributed by atoms with Crippen LogP contribution in [0.2, 0.25) is 0 Å². The molecule has 0 aromatic heterocycles. The maximum atomic E-state index is 12.9. The molecule has 2 atom stereocenters. The third-order valence-corrected chi connectivity index (χ3v) is 5.84. The van der Waals surface area contributed by atoms with Gasteiger partial charge in [-0.2, -0.15) is 0 Å². The van der Waals surface area contributed by atoms with Crippen LogP contribution in [0.4, 0.5) is 5.69 Å². The molecule has 1 N–H and O–H groups in total. The molecular weight excluding hydrogens is 388 g/mol. The largest absolute Gasteiger partial charge is 0.494 e. The summed E-state index contributed by atoms with van der Waals surface area (Å²) in [7, 11) is -3.65. The van der Waals surface area contributed by atoms with Gasteiger partial charge in [0.2, 0.25) is 15.9 Å². The minimum atomic E-state index is -3.65. The van der Waals surface area contributed by atoms with Crippen LogP contribution in [0.5, 0.6) is 5.75 Å². The molecule has 2 aromatic rings. The van der Waals surface area contributed by atoms with Gasteiger partial charge in [-0.25, -0.2) is 8.42 Å². The number of carbonyl (C=O) groups is 1. The summed E-state index contributed by atoms with van der Waals surface area (Å²) in [6, 6.07) is 11.8. The van der Waals surface area contributed by atoms with Gasteiger partial charge in [-0.1, -0.05) is 18.2 Å². The summed E-state index contributed by atoms with van der Waals surface area (Å²) in [6.45, 7) is 9.76. The molecule has 0 spiro atoms. The van der Waals surface area contributed by atoms with E-state index in [4.69, 9.17) is 4.74 Å². The molecule has 0 radical (unpaired) electrons. The van der Waals surface area contributed by atoms with Crippen LogP contribution < -0.4 is 14.4 Å². The quantitative estimate of drug-likeness (QED) is 0.709. The van der Waals surface area contributed by atoms with Gasteiger partial charge in [-0.3, -0.25) is 9.10 Å². The second-order valence-corrected chi connectivity index (χ2v) is 9.17. The van der Waals surface area contributed by atoms with Crippen molar-refractivity contribution in [1.82, 2.24) is 5.32 Å². The molecule has 0 saturated heterocycles. The van der Waals surface area contributed by atoms with E-state index >= 15 is 0 Å². The van der Waals surface area contributed by atoms with E-state index in [1.54, 1.807) is 19.1 Å². The molecule has 7 heteroatoms. The zero-order valence-electron chi connectivity index (χ0n) is 17.9. The molecule has 0 saturated carbocycles. The number of nitrogens with zero attached hydrogens (tertiary/aromatic N) is 1. The Morgan fingerprint density at radius 2 is 1.62 bits per heavy atom. The maximum absolute atomic E-state index is 12.9. The van der Waals surface area contributed by atoms with Crippen LogP contribution in [-0.4, -0.2) is 33.2 Å². The lowest BCUT2D eigenvalue weighted by molar-refractivity contribution is -0.122. The highest BCUT2D eigenvalue weighted by Crippen LogP contribution is 2.24. The summed E-state index contributed by atoms with van der Waals surface area (Å²) in [4.78, 5) is 12.9. The van der Waals surface area contributed by atoms with Gasteiger partial charge >= 0.3 is 0 Å². The van der Waals surface area contributed by atoms with Gasteiger partial charge in [0.1, 0.15) is 11.8 Å². The monoisotopic (exact) mass is 418 g/mol. The van der Waals surface area contributed by atoms with E-state index in [0.29, 0.717) is 12.3 Å². The number of hydrogen-bond acceptors (Lipinski definition) is 4. The summed E-state index contributed by atoms with van der Waals surface area (Å²) in [5.74, 6) is 0.400. The molecule has 0 fully saturated rings. The van der Waals surface area contributed by atoms with Gasteiger partial charge in [0.15, 0.2) is 0 Å².